The lowest BCUT2D eigenvalue weighted by Crippen LogP contribution is -2.37. The van der Waals surface area contributed by atoms with Gasteiger partial charge in [0.05, 0.1) is 4.92 Å². The number of nitro benzene ring substituents is 1. The van der Waals surface area contributed by atoms with Crippen molar-refractivity contribution in [2.45, 2.75) is 31.8 Å². The van der Waals surface area contributed by atoms with E-state index >= 15 is 0 Å². The Balaban J connectivity index is 2.15. The SMILES string of the molecule is CN(Cc1ccc(Cl)cc1[N+](=O)[O-])C1CCCC1CN. The Labute approximate surface area is 123 Å². The lowest BCUT2D eigenvalue weighted by Gasteiger charge is -2.29. The van der Waals surface area contributed by atoms with Crippen LogP contribution in [-0.4, -0.2) is 29.5 Å². The number of nitrogens with zero attached hydrogens (tertiary/aromatic N) is 2. The first kappa shape index (κ1) is 15.2. The molecule has 0 saturated heterocycles. The number of hydrogen-bond acceptors (Lipinski definition) is 4. The Bertz CT molecular complexity index is 495. The van der Waals surface area contributed by atoms with E-state index in [0.717, 1.165) is 12.8 Å². The molecule has 1 aromatic rings. The zero-order valence-electron chi connectivity index (χ0n) is 11.6. The van der Waals surface area contributed by atoms with Crippen molar-refractivity contribution in [2.24, 2.45) is 11.7 Å². The molecule has 0 aliphatic heterocycles. The number of nitro groups is 1. The van der Waals surface area contributed by atoms with Crippen LogP contribution in [0, 0.1) is 16.0 Å². The van der Waals surface area contributed by atoms with Gasteiger partial charge in [-0.25, -0.2) is 0 Å². The lowest BCUT2D eigenvalue weighted by atomic mass is 10.0. The smallest absolute Gasteiger partial charge is 0.275 e. The normalized spacial score (nSPS) is 22.4. The van der Waals surface area contributed by atoms with Crippen molar-refractivity contribution in [3.05, 3.63) is 38.9 Å². The van der Waals surface area contributed by atoms with Gasteiger partial charge in [0.1, 0.15) is 0 Å². The zero-order valence-corrected chi connectivity index (χ0v) is 12.3. The summed E-state index contributed by atoms with van der Waals surface area (Å²) >= 11 is 5.84. The largest absolute Gasteiger partial charge is 0.330 e. The first-order valence-electron chi connectivity index (χ1n) is 6.86. The highest BCUT2D eigenvalue weighted by molar-refractivity contribution is 6.30. The topological polar surface area (TPSA) is 72.4 Å². The van der Waals surface area contributed by atoms with E-state index in [-0.39, 0.29) is 10.6 Å². The van der Waals surface area contributed by atoms with Gasteiger partial charge in [0.25, 0.3) is 5.69 Å². The Morgan fingerprint density at radius 1 is 1.50 bits per heavy atom. The molecule has 6 heteroatoms. The molecule has 0 spiro atoms. The van der Waals surface area contributed by atoms with Crippen LogP contribution in [0.4, 0.5) is 5.69 Å². The van der Waals surface area contributed by atoms with Crippen molar-refractivity contribution in [2.75, 3.05) is 13.6 Å². The number of benzene rings is 1. The van der Waals surface area contributed by atoms with Gasteiger partial charge in [-0.3, -0.25) is 15.0 Å². The molecule has 0 heterocycles. The molecule has 1 saturated carbocycles. The van der Waals surface area contributed by atoms with Crippen molar-refractivity contribution in [3.8, 4) is 0 Å². The number of rotatable bonds is 5. The molecule has 0 amide bonds. The van der Waals surface area contributed by atoms with Gasteiger partial charge in [-0.1, -0.05) is 18.0 Å². The molecule has 1 aliphatic carbocycles. The monoisotopic (exact) mass is 297 g/mol. The van der Waals surface area contributed by atoms with Crippen molar-refractivity contribution < 1.29 is 4.92 Å². The second-order valence-corrected chi connectivity index (χ2v) is 5.88. The standard InChI is InChI=1S/C14H20ClN3O2/c1-17(13-4-2-3-10(13)8-16)9-11-5-6-12(15)7-14(11)18(19)20/h5-7,10,13H,2-4,8-9,16H2,1H3. The van der Waals surface area contributed by atoms with Crippen molar-refractivity contribution in [1.29, 1.82) is 0 Å². The van der Waals surface area contributed by atoms with E-state index < -0.39 is 0 Å². The lowest BCUT2D eigenvalue weighted by molar-refractivity contribution is -0.385. The first-order chi connectivity index (χ1) is 9.52. The van der Waals surface area contributed by atoms with Crippen LogP contribution >= 0.6 is 11.6 Å². The highest BCUT2D eigenvalue weighted by Crippen LogP contribution is 2.31. The average molecular weight is 298 g/mol. The molecule has 1 aromatic carbocycles. The summed E-state index contributed by atoms with van der Waals surface area (Å²) in [5.74, 6) is 0.492. The zero-order chi connectivity index (χ0) is 14.7. The first-order valence-corrected chi connectivity index (χ1v) is 7.24. The van der Waals surface area contributed by atoms with Crippen LogP contribution in [0.3, 0.4) is 0 Å². The van der Waals surface area contributed by atoms with Gasteiger partial charge in [-0.05, 0) is 44.5 Å². The fraction of sp³-hybridized carbons (Fsp3) is 0.571. The molecule has 0 bridgehead atoms. The summed E-state index contributed by atoms with van der Waals surface area (Å²) < 4.78 is 0. The maximum absolute atomic E-state index is 11.1. The second-order valence-electron chi connectivity index (χ2n) is 5.44. The molecule has 2 atom stereocenters. The summed E-state index contributed by atoms with van der Waals surface area (Å²) in [4.78, 5) is 12.9. The third-order valence-corrected chi connectivity index (χ3v) is 4.39. The van der Waals surface area contributed by atoms with Gasteiger partial charge < -0.3 is 5.73 Å². The quantitative estimate of drug-likeness (QED) is 0.670. The molecule has 20 heavy (non-hydrogen) atoms. The maximum Gasteiger partial charge on any atom is 0.275 e. The minimum Gasteiger partial charge on any atom is -0.330 e. The number of halogens is 1. The molecular weight excluding hydrogens is 278 g/mol. The summed E-state index contributed by atoms with van der Waals surface area (Å²) in [6.45, 7) is 1.23. The number of hydrogen-bond donors (Lipinski definition) is 1. The van der Waals surface area contributed by atoms with E-state index in [4.69, 9.17) is 17.3 Å². The third-order valence-electron chi connectivity index (χ3n) is 4.15. The number of nitrogens with two attached hydrogens (primary N) is 1. The molecule has 5 nitrogen and oxygen atoms in total. The van der Waals surface area contributed by atoms with Gasteiger partial charge in [0, 0.05) is 29.2 Å². The fourth-order valence-electron chi connectivity index (χ4n) is 3.10. The molecule has 1 aliphatic rings. The molecule has 2 unspecified atom stereocenters. The Morgan fingerprint density at radius 2 is 2.25 bits per heavy atom. The molecular formula is C14H20ClN3O2. The van der Waals surface area contributed by atoms with Crippen LogP contribution in [0.1, 0.15) is 24.8 Å². The highest BCUT2D eigenvalue weighted by Gasteiger charge is 2.30. The van der Waals surface area contributed by atoms with Gasteiger partial charge in [0.2, 0.25) is 0 Å². The molecule has 2 N–H and O–H groups in total. The van der Waals surface area contributed by atoms with E-state index in [2.05, 4.69) is 4.90 Å². The Hall–Kier alpha value is -1.17. The molecule has 0 radical (unpaired) electrons. The van der Waals surface area contributed by atoms with E-state index in [9.17, 15) is 10.1 Å². The molecule has 1 fully saturated rings. The average Bonchev–Trinajstić information content (AvgIpc) is 2.89. The second kappa shape index (κ2) is 6.52. The summed E-state index contributed by atoms with van der Waals surface area (Å²) in [6.07, 6.45) is 3.44. The highest BCUT2D eigenvalue weighted by atomic mass is 35.5. The van der Waals surface area contributed by atoms with Gasteiger partial charge in [0.15, 0.2) is 0 Å². The van der Waals surface area contributed by atoms with Crippen LogP contribution in [0.25, 0.3) is 0 Å². The third kappa shape index (κ3) is 3.29. The summed E-state index contributed by atoms with van der Waals surface area (Å²) in [5.41, 5.74) is 6.59. The predicted molar refractivity (Wildman–Crippen MR) is 79.8 cm³/mol. The van der Waals surface area contributed by atoms with E-state index in [1.54, 1.807) is 12.1 Å². The molecule has 110 valence electrons. The molecule has 0 aromatic heterocycles. The predicted octanol–water partition coefficient (Wildman–Crippen LogP) is 2.81. The van der Waals surface area contributed by atoms with E-state index in [1.165, 1.54) is 12.5 Å². The van der Waals surface area contributed by atoms with Crippen molar-refractivity contribution >= 4 is 17.3 Å². The minimum absolute atomic E-state index is 0.0895. The van der Waals surface area contributed by atoms with Gasteiger partial charge in [-0.15, -0.1) is 0 Å². The van der Waals surface area contributed by atoms with Crippen LogP contribution in [-0.2, 0) is 6.54 Å². The Kier molecular flexibility index (Phi) is 4.96. The minimum atomic E-state index is -0.371. The van der Waals surface area contributed by atoms with Crippen LogP contribution in [0.15, 0.2) is 18.2 Å². The Morgan fingerprint density at radius 3 is 2.90 bits per heavy atom. The van der Waals surface area contributed by atoms with Gasteiger partial charge >= 0.3 is 0 Å². The van der Waals surface area contributed by atoms with Crippen molar-refractivity contribution in [1.82, 2.24) is 4.90 Å². The van der Waals surface area contributed by atoms with Crippen LogP contribution in [0.5, 0.6) is 0 Å². The summed E-state index contributed by atoms with van der Waals surface area (Å²) in [5, 5.41) is 11.5. The van der Waals surface area contributed by atoms with E-state index in [1.807, 2.05) is 7.05 Å². The molecule has 2 rings (SSSR count). The summed E-state index contributed by atoms with van der Waals surface area (Å²) in [6, 6.07) is 5.27. The fourth-order valence-corrected chi connectivity index (χ4v) is 3.27. The van der Waals surface area contributed by atoms with Crippen LogP contribution < -0.4 is 5.73 Å². The van der Waals surface area contributed by atoms with Crippen molar-refractivity contribution in [3.63, 3.8) is 0 Å². The van der Waals surface area contributed by atoms with Crippen LogP contribution in [0.2, 0.25) is 5.02 Å². The van der Waals surface area contributed by atoms with Gasteiger partial charge in [-0.2, -0.15) is 0 Å². The van der Waals surface area contributed by atoms with E-state index in [0.29, 0.717) is 35.6 Å². The maximum atomic E-state index is 11.1. The summed E-state index contributed by atoms with van der Waals surface area (Å²) in [7, 11) is 2.01.